The number of esters is 2. The third-order valence-electron chi connectivity index (χ3n) is 18.8. The smallest absolute Gasteiger partial charge is 0.392 e. The van der Waals surface area contributed by atoms with Gasteiger partial charge in [0, 0.05) is 48.3 Å². The van der Waals surface area contributed by atoms with E-state index in [0.29, 0.717) is 61.8 Å². The number of nitro groups is 2. The molecule has 0 bridgehead atoms. The maximum Gasteiger partial charge on any atom is 0.392 e. The molecule has 4 aliphatic carbocycles. The predicted octanol–water partition coefficient (Wildman–Crippen LogP) is 11.5. The maximum absolute atomic E-state index is 12.9. The van der Waals surface area contributed by atoms with E-state index in [1.165, 1.54) is 136 Å². The van der Waals surface area contributed by atoms with Crippen LogP contribution in [0.5, 0.6) is 0 Å². The second-order valence-electron chi connectivity index (χ2n) is 25.7. The van der Waals surface area contributed by atoms with Crippen molar-refractivity contribution in [3.8, 4) is 0 Å². The van der Waals surface area contributed by atoms with Crippen molar-refractivity contribution < 1.29 is 59.2 Å². The highest BCUT2D eigenvalue weighted by atomic mass is 16.7. The average molecular weight is 1220 g/mol. The average Bonchev–Trinajstić information content (AvgIpc) is 3.75. The SMILES string of the molecule is CCCCCCCCCCC1CC(C(=O)NC2CCC(CC3CCC(NC(=O)C4=NOC(CCCCCCCCCC)C4)CC3)CC2)=NO1.CCOC(=O)C(C(=O)NC1CCC(CC2CCC(NC(=O)C(C(=O)OCC)[N+](=O)[O-])CC2)CC1)[N+](=O)[O-].[2HH]. The standard InChI is InChI=1S/C41H72N4O4.C23H36N4O10.H2/c1-3-5-7-9-11-13-15-17-19-36-30-38(44-48-36)40(46)42-34-25-21-32(22-26-34)29-33-23-27-35(28-24-33)43-41(47)39-31-37(49-45-39)20-18-16-14-12-10-8-6-4-2;1-3-36-22(30)18(26(32)33)20(28)24-16-9-5-14(6-10-16)13-15-7-11-17(12-8-15)25-21(29)19(27(34)35)23(31)37-4-2;/h32-37H,3-31H2,1-2H3,(H,42,46)(H,43,47);14-19H,3-13H2,1-2H3,(H,24,28)(H,25,29);1H/i;;1+1. The number of nitrogens with one attached hydrogen (secondary N) is 4. The van der Waals surface area contributed by atoms with Gasteiger partial charge in [0.15, 0.2) is 0 Å². The first kappa shape index (κ1) is 71.3. The Morgan fingerprint density at radius 1 is 0.453 bits per heavy atom. The molecule has 4 fully saturated rings. The van der Waals surface area contributed by atoms with Crippen LogP contribution in [-0.4, -0.2) is 119 Å². The number of carbonyl (C=O) groups is 6. The van der Waals surface area contributed by atoms with Gasteiger partial charge in [-0.25, -0.2) is 9.59 Å². The molecular formula is C64H110N8O14. The van der Waals surface area contributed by atoms with Crippen molar-refractivity contribution in [1.29, 1.82) is 0 Å². The largest absolute Gasteiger partial charge is 0.460 e. The fourth-order valence-electron chi connectivity index (χ4n) is 13.7. The zero-order valence-electron chi connectivity index (χ0n) is 52.7. The predicted molar refractivity (Wildman–Crippen MR) is 330 cm³/mol. The Morgan fingerprint density at radius 2 is 0.733 bits per heavy atom. The lowest BCUT2D eigenvalue weighted by atomic mass is 9.75. The van der Waals surface area contributed by atoms with Crippen LogP contribution in [0.1, 0.15) is 273 Å². The van der Waals surface area contributed by atoms with Gasteiger partial charge < -0.3 is 40.4 Å². The number of carbonyl (C=O) groups excluding carboxylic acids is 6. The number of ether oxygens (including phenoxy) is 2. The molecule has 4 unspecified atom stereocenters. The lowest BCUT2D eigenvalue weighted by molar-refractivity contribution is -0.496. The number of nitrogens with zero attached hydrogens (tertiary/aromatic N) is 4. The third kappa shape index (κ3) is 26.1. The third-order valence-corrected chi connectivity index (χ3v) is 18.8. The van der Waals surface area contributed by atoms with Crippen LogP contribution in [0, 0.1) is 43.9 Å². The molecule has 4 atom stereocenters. The van der Waals surface area contributed by atoms with E-state index in [4.69, 9.17) is 9.68 Å². The van der Waals surface area contributed by atoms with Crippen molar-refractivity contribution in [3.05, 3.63) is 20.2 Å². The zero-order chi connectivity index (χ0) is 62.1. The second-order valence-corrected chi connectivity index (χ2v) is 25.7. The van der Waals surface area contributed by atoms with Gasteiger partial charge in [0.05, 0.1) is 13.2 Å². The fourth-order valence-corrected chi connectivity index (χ4v) is 13.7. The van der Waals surface area contributed by atoms with E-state index in [1.54, 1.807) is 0 Å². The molecule has 0 aromatic heterocycles. The van der Waals surface area contributed by atoms with Crippen molar-refractivity contribution in [1.82, 2.24) is 21.3 Å². The number of oxime groups is 2. The van der Waals surface area contributed by atoms with Crippen LogP contribution >= 0.6 is 0 Å². The summed E-state index contributed by atoms with van der Waals surface area (Å²) in [7, 11) is 0. The van der Waals surface area contributed by atoms with Crippen LogP contribution < -0.4 is 21.3 Å². The molecule has 0 aromatic rings. The number of unbranched alkanes of at least 4 members (excludes halogenated alkanes) is 14. The first-order chi connectivity index (χ1) is 41.6. The number of hydrogen-bond acceptors (Lipinski definition) is 16. The molecule has 4 N–H and O–H groups in total. The Morgan fingerprint density at radius 3 is 1.01 bits per heavy atom. The Labute approximate surface area is 513 Å². The van der Waals surface area contributed by atoms with Crippen molar-refractivity contribution >= 4 is 47.0 Å². The Kier molecular flexibility index (Phi) is 33.3. The summed E-state index contributed by atoms with van der Waals surface area (Å²) in [6, 6.07) is -4.09. The summed E-state index contributed by atoms with van der Waals surface area (Å²) in [6.45, 7) is 7.43. The van der Waals surface area contributed by atoms with Crippen LogP contribution in [0.15, 0.2) is 10.3 Å². The summed E-state index contributed by atoms with van der Waals surface area (Å²) in [5.74, 6) is -1.91. The van der Waals surface area contributed by atoms with Crippen LogP contribution in [0.3, 0.4) is 0 Å². The van der Waals surface area contributed by atoms with E-state index in [0.717, 1.165) is 95.3 Å². The van der Waals surface area contributed by atoms with Gasteiger partial charge in [-0.15, -0.1) is 0 Å². The Hall–Kier alpha value is -5.44. The van der Waals surface area contributed by atoms with E-state index < -0.39 is 45.7 Å². The lowest BCUT2D eigenvalue weighted by Gasteiger charge is -2.34. The Bertz CT molecular complexity index is 2010. The van der Waals surface area contributed by atoms with Gasteiger partial charge >= 0.3 is 35.8 Å². The maximum atomic E-state index is 12.9. The summed E-state index contributed by atoms with van der Waals surface area (Å²) in [5.41, 5.74) is 1.17. The van der Waals surface area contributed by atoms with Crippen molar-refractivity contribution in [2.45, 2.75) is 320 Å². The van der Waals surface area contributed by atoms with Gasteiger partial charge in [-0.3, -0.25) is 39.4 Å². The minimum atomic E-state index is -2.06. The summed E-state index contributed by atoms with van der Waals surface area (Å²) >= 11 is 0. The van der Waals surface area contributed by atoms with Gasteiger partial charge in [-0.05, 0) is 179 Å². The second kappa shape index (κ2) is 40.2. The molecule has 0 saturated heterocycles. The topological polar surface area (TPSA) is 298 Å². The van der Waals surface area contributed by atoms with Gasteiger partial charge in [0.25, 0.3) is 11.8 Å². The van der Waals surface area contributed by atoms with E-state index in [1.807, 2.05) is 0 Å². The highest BCUT2D eigenvalue weighted by molar-refractivity contribution is 6.39. The first-order valence-corrected chi connectivity index (χ1v) is 33.9. The summed E-state index contributed by atoms with van der Waals surface area (Å²) in [4.78, 5) is 105. The molecule has 4 saturated carbocycles. The molecule has 6 aliphatic rings. The minimum Gasteiger partial charge on any atom is -0.460 e. The molecule has 22 nitrogen and oxygen atoms in total. The van der Waals surface area contributed by atoms with Gasteiger partial charge in [0.1, 0.15) is 23.6 Å². The summed E-state index contributed by atoms with van der Waals surface area (Å²) in [5, 5.41) is 42.4. The van der Waals surface area contributed by atoms with Crippen LogP contribution in [0.4, 0.5) is 0 Å². The molecule has 2 heterocycles. The molecule has 6 rings (SSSR count). The van der Waals surface area contributed by atoms with Crippen molar-refractivity contribution in [2.75, 3.05) is 13.2 Å². The molecule has 0 aromatic carbocycles. The van der Waals surface area contributed by atoms with E-state index in [-0.39, 0.29) is 62.8 Å². The van der Waals surface area contributed by atoms with Crippen LogP contribution in [0.2, 0.25) is 0 Å². The molecule has 2 aliphatic heterocycles. The van der Waals surface area contributed by atoms with Gasteiger partial charge in [0.2, 0.25) is 0 Å². The normalized spacial score (nSPS) is 26.1. The Balaban J connectivity index is 0.000000383. The first-order valence-electron chi connectivity index (χ1n) is 33.9. The summed E-state index contributed by atoms with van der Waals surface area (Å²) < 4.78 is 9.27. The zero-order valence-corrected chi connectivity index (χ0v) is 52.7. The molecule has 22 heteroatoms. The summed E-state index contributed by atoms with van der Waals surface area (Å²) in [6.07, 6.45) is 41.6. The highest BCUT2D eigenvalue weighted by Gasteiger charge is 2.43. The van der Waals surface area contributed by atoms with E-state index >= 15 is 0 Å². The molecule has 0 spiro atoms. The number of rotatable bonds is 36. The number of hydrogen-bond donors (Lipinski definition) is 4. The quantitative estimate of drug-likeness (QED) is 0.0149. The van der Waals surface area contributed by atoms with Crippen molar-refractivity contribution in [3.63, 3.8) is 0 Å². The monoisotopic (exact) mass is 1220 g/mol. The lowest BCUT2D eigenvalue weighted by Crippen LogP contribution is -2.50. The van der Waals surface area contributed by atoms with E-state index in [2.05, 4.69) is 54.9 Å². The van der Waals surface area contributed by atoms with Crippen LogP contribution in [0.25, 0.3) is 0 Å². The fraction of sp³-hybridized carbons (Fsp3) is 0.875. The molecular weight excluding hydrogens is 1100 g/mol. The molecule has 0 radical (unpaired) electrons. The van der Waals surface area contributed by atoms with E-state index in [9.17, 15) is 49.0 Å². The van der Waals surface area contributed by atoms with Gasteiger partial charge in [-0.2, -0.15) is 0 Å². The number of amides is 4. The van der Waals surface area contributed by atoms with Gasteiger partial charge in [-0.1, -0.05) is 114 Å². The molecule has 86 heavy (non-hydrogen) atoms. The van der Waals surface area contributed by atoms with Crippen LogP contribution in [-0.2, 0) is 47.9 Å². The molecule has 490 valence electrons. The molecule has 4 amide bonds. The van der Waals surface area contributed by atoms with Crippen molar-refractivity contribution in [2.24, 2.45) is 34.0 Å². The minimum absolute atomic E-state index is 0. The highest BCUT2D eigenvalue weighted by Crippen LogP contribution is 2.37.